The number of fused-ring (bicyclic) bond motifs is 1. The van der Waals surface area contributed by atoms with E-state index in [-0.39, 0.29) is 5.92 Å². The van der Waals surface area contributed by atoms with Crippen LogP contribution in [0.2, 0.25) is 0 Å². The van der Waals surface area contributed by atoms with Gasteiger partial charge in [0.15, 0.2) is 5.78 Å². The lowest BCUT2D eigenvalue weighted by Gasteiger charge is -2.06. The van der Waals surface area contributed by atoms with Crippen LogP contribution >= 0.6 is 0 Å². The minimum Gasteiger partial charge on any atom is -0.294 e. The largest absolute Gasteiger partial charge is 0.294 e. The van der Waals surface area contributed by atoms with E-state index < -0.39 is 0 Å². The van der Waals surface area contributed by atoms with Gasteiger partial charge in [0.2, 0.25) is 0 Å². The molecule has 1 heteroatoms. The monoisotopic (exact) mass is 188 g/mol. The average molecular weight is 188 g/mol. The van der Waals surface area contributed by atoms with Crippen molar-refractivity contribution in [3.63, 3.8) is 0 Å². The van der Waals surface area contributed by atoms with Gasteiger partial charge in [0.1, 0.15) is 0 Å². The number of carbonyl (C=O) groups excluding carboxylic acids is 1. The molecule has 74 valence electrons. The number of rotatable bonds is 1. The Morgan fingerprint density at radius 3 is 2.71 bits per heavy atom. The Morgan fingerprint density at radius 2 is 2.07 bits per heavy atom. The Kier molecular flexibility index (Phi) is 2.18. The van der Waals surface area contributed by atoms with E-state index in [2.05, 4.69) is 26.0 Å². The maximum Gasteiger partial charge on any atom is 0.166 e. The van der Waals surface area contributed by atoms with Gasteiger partial charge >= 0.3 is 0 Å². The van der Waals surface area contributed by atoms with Gasteiger partial charge in [0, 0.05) is 11.5 Å². The SMILES string of the molecule is CC1Cc2cc(C(C)C)ccc2C1=O. The van der Waals surface area contributed by atoms with Crippen LogP contribution in [0.3, 0.4) is 0 Å². The van der Waals surface area contributed by atoms with Crippen LogP contribution in [0.1, 0.15) is 48.2 Å². The fourth-order valence-corrected chi connectivity index (χ4v) is 2.07. The molecule has 0 aromatic heterocycles. The topological polar surface area (TPSA) is 17.1 Å². The molecule has 1 nitrogen and oxygen atoms in total. The maximum atomic E-state index is 11.7. The van der Waals surface area contributed by atoms with Crippen LogP contribution in [0.5, 0.6) is 0 Å². The van der Waals surface area contributed by atoms with E-state index in [1.165, 1.54) is 11.1 Å². The number of hydrogen-bond acceptors (Lipinski definition) is 1. The molecule has 0 saturated carbocycles. The van der Waals surface area contributed by atoms with Gasteiger partial charge in [0.25, 0.3) is 0 Å². The molecule has 0 heterocycles. The molecule has 1 atom stereocenters. The second kappa shape index (κ2) is 3.23. The van der Waals surface area contributed by atoms with Gasteiger partial charge in [-0.25, -0.2) is 0 Å². The number of benzene rings is 1. The number of Topliss-reactive ketones (excluding diaryl/α,β-unsaturated/α-hetero) is 1. The van der Waals surface area contributed by atoms with Crippen molar-refractivity contribution in [3.05, 3.63) is 34.9 Å². The van der Waals surface area contributed by atoms with Crippen LogP contribution in [0.25, 0.3) is 0 Å². The van der Waals surface area contributed by atoms with E-state index in [0.29, 0.717) is 11.7 Å². The van der Waals surface area contributed by atoms with Gasteiger partial charge in [-0.1, -0.05) is 39.0 Å². The summed E-state index contributed by atoms with van der Waals surface area (Å²) < 4.78 is 0. The first kappa shape index (κ1) is 9.45. The molecular weight excluding hydrogens is 172 g/mol. The van der Waals surface area contributed by atoms with E-state index in [0.717, 1.165) is 12.0 Å². The van der Waals surface area contributed by atoms with Crippen molar-refractivity contribution in [1.82, 2.24) is 0 Å². The lowest BCUT2D eigenvalue weighted by atomic mass is 9.98. The summed E-state index contributed by atoms with van der Waals surface area (Å²) in [5, 5.41) is 0. The Balaban J connectivity index is 2.44. The highest BCUT2D eigenvalue weighted by Gasteiger charge is 2.26. The number of carbonyl (C=O) groups is 1. The molecule has 1 unspecified atom stereocenters. The van der Waals surface area contributed by atoms with Crippen LogP contribution in [-0.2, 0) is 6.42 Å². The summed E-state index contributed by atoms with van der Waals surface area (Å²) in [5.41, 5.74) is 3.53. The van der Waals surface area contributed by atoms with Crippen molar-refractivity contribution in [2.24, 2.45) is 5.92 Å². The molecule has 0 saturated heterocycles. The molecule has 14 heavy (non-hydrogen) atoms. The number of hydrogen-bond donors (Lipinski definition) is 0. The average Bonchev–Trinajstić information content (AvgIpc) is 2.42. The van der Waals surface area contributed by atoms with Crippen LogP contribution in [0.15, 0.2) is 18.2 Å². The summed E-state index contributed by atoms with van der Waals surface area (Å²) in [4.78, 5) is 11.7. The van der Waals surface area contributed by atoms with Crippen LogP contribution in [-0.4, -0.2) is 5.78 Å². The second-order valence-corrected chi connectivity index (χ2v) is 4.54. The summed E-state index contributed by atoms with van der Waals surface area (Å²) in [7, 11) is 0. The minimum absolute atomic E-state index is 0.187. The maximum absolute atomic E-state index is 11.7. The molecular formula is C13H16O. The Morgan fingerprint density at radius 1 is 1.36 bits per heavy atom. The van der Waals surface area contributed by atoms with Gasteiger partial charge in [-0.3, -0.25) is 4.79 Å². The van der Waals surface area contributed by atoms with Crippen molar-refractivity contribution in [2.75, 3.05) is 0 Å². The van der Waals surface area contributed by atoms with Crippen molar-refractivity contribution in [2.45, 2.75) is 33.1 Å². The lowest BCUT2D eigenvalue weighted by Crippen LogP contribution is -2.02. The van der Waals surface area contributed by atoms with Crippen LogP contribution in [0, 0.1) is 5.92 Å². The summed E-state index contributed by atoms with van der Waals surface area (Å²) in [6.45, 7) is 6.38. The molecule has 0 radical (unpaired) electrons. The van der Waals surface area contributed by atoms with Gasteiger partial charge in [-0.2, -0.15) is 0 Å². The van der Waals surface area contributed by atoms with Gasteiger partial charge in [-0.05, 0) is 23.5 Å². The highest BCUT2D eigenvalue weighted by Crippen LogP contribution is 2.29. The molecule has 0 bridgehead atoms. The molecule has 1 aromatic carbocycles. The zero-order chi connectivity index (χ0) is 10.3. The summed E-state index contributed by atoms with van der Waals surface area (Å²) in [6, 6.07) is 6.28. The molecule has 0 fully saturated rings. The predicted octanol–water partition coefficient (Wildman–Crippen LogP) is 3.18. The predicted molar refractivity (Wildman–Crippen MR) is 57.7 cm³/mol. The summed E-state index contributed by atoms with van der Waals surface area (Å²) >= 11 is 0. The van der Waals surface area contributed by atoms with Crippen LogP contribution < -0.4 is 0 Å². The quantitative estimate of drug-likeness (QED) is 0.661. The first-order valence-electron chi connectivity index (χ1n) is 5.26. The third-order valence-corrected chi connectivity index (χ3v) is 3.04. The zero-order valence-electron chi connectivity index (χ0n) is 9.00. The van der Waals surface area contributed by atoms with E-state index in [9.17, 15) is 4.79 Å². The fourth-order valence-electron chi connectivity index (χ4n) is 2.07. The van der Waals surface area contributed by atoms with E-state index >= 15 is 0 Å². The van der Waals surface area contributed by atoms with Crippen molar-refractivity contribution >= 4 is 5.78 Å². The highest BCUT2D eigenvalue weighted by molar-refractivity contribution is 6.02. The fraction of sp³-hybridized carbons (Fsp3) is 0.462. The number of ketones is 1. The standard InChI is InChI=1S/C13H16O/c1-8(2)10-4-5-12-11(7-10)6-9(3)13(12)14/h4-5,7-9H,6H2,1-3H3. The van der Waals surface area contributed by atoms with Crippen molar-refractivity contribution in [1.29, 1.82) is 0 Å². The molecule has 1 aromatic rings. The molecule has 0 amide bonds. The van der Waals surface area contributed by atoms with E-state index in [1.807, 2.05) is 13.0 Å². The smallest absolute Gasteiger partial charge is 0.166 e. The van der Waals surface area contributed by atoms with E-state index in [4.69, 9.17) is 0 Å². The Labute approximate surface area is 85.1 Å². The van der Waals surface area contributed by atoms with Crippen LogP contribution in [0.4, 0.5) is 0 Å². The molecule has 0 spiro atoms. The lowest BCUT2D eigenvalue weighted by molar-refractivity contribution is 0.0946. The van der Waals surface area contributed by atoms with Gasteiger partial charge in [0.05, 0.1) is 0 Å². The van der Waals surface area contributed by atoms with Gasteiger partial charge in [-0.15, -0.1) is 0 Å². The summed E-state index contributed by atoms with van der Waals surface area (Å²) in [6.07, 6.45) is 0.925. The molecule has 0 N–H and O–H groups in total. The Bertz CT molecular complexity index is 377. The zero-order valence-corrected chi connectivity index (χ0v) is 9.00. The van der Waals surface area contributed by atoms with Crippen molar-refractivity contribution in [3.8, 4) is 0 Å². The molecule has 1 aliphatic carbocycles. The van der Waals surface area contributed by atoms with Crippen molar-refractivity contribution < 1.29 is 4.79 Å². The third kappa shape index (κ3) is 1.37. The minimum atomic E-state index is 0.187. The van der Waals surface area contributed by atoms with Gasteiger partial charge < -0.3 is 0 Å². The van der Waals surface area contributed by atoms with E-state index in [1.54, 1.807) is 0 Å². The molecule has 0 aliphatic heterocycles. The second-order valence-electron chi connectivity index (χ2n) is 4.54. The highest BCUT2D eigenvalue weighted by atomic mass is 16.1. The first-order chi connectivity index (χ1) is 6.59. The normalized spacial score (nSPS) is 20.3. The Hall–Kier alpha value is -1.11. The summed E-state index contributed by atoms with van der Waals surface area (Å²) in [5.74, 6) is 1.05. The molecule has 2 rings (SSSR count). The first-order valence-corrected chi connectivity index (χ1v) is 5.26. The molecule has 1 aliphatic rings. The third-order valence-electron chi connectivity index (χ3n) is 3.04.